The van der Waals surface area contributed by atoms with Crippen LogP contribution < -0.4 is 0 Å². The van der Waals surface area contributed by atoms with Crippen molar-refractivity contribution < 1.29 is 4.74 Å². The maximum Gasteiger partial charge on any atom is 0.0605 e. The van der Waals surface area contributed by atoms with Gasteiger partial charge in [0.25, 0.3) is 0 Å². The minimum absolute atomic E-state index is 0.566. The van der Waals surface area contributed by atoms with Crippen molar-refractivity contribution in [1.29, 1.82) is 0 Å². The highest BCUT2D eigenvalue weighted by Crippen LogP contribution is 2.36. The monoisotopic (exact) mass is 703 g/mol. The molecular formula is C49H98O. The molecule has 1 rings (SSSR count). The van der Waals surface area contributed by atoms with Gasteiger partial charge in [-0.3, -0.25) is 0 Å². The third-order valence-corrected chi connectivity index (χ3v) is 12.5. The molecule has 0 aromatic rings. The van der Waals surface area contributed by atoms with Gasteiger partial charge in [-0.25, -0.2) is 0 Å². The van der Waals surface area contributed by atoms with Crippen molar-refractivity contribution in [2.24, 2.45) is 11.8 Å². The molecule has 0 bridgehead atoms. The van der Waals surface area contributed by atoms with Crippen LogP contribution in [0.1, 0.15) is 290 Å². The second-order valence-corrected chi connectivity index (χ2v) is 17.4. The van der Waals surface area contributed by atoms with Gasteiger partial charge in [0.05, 0.1) is 6.10 Å². The summed E-state index contributed by atoms with van der Waals surface area (Å²) in [5.41, 5.74) is 0. The molecule has 300 valence electrons. The highest BCUT2D eigenvalue weighted by Gasteiger charge is 2.30. The summed E-state index contributed by atoms with van der Waals surface area (Å²) in [4.78, 5) is 0. The first-order valence-corrected chi connectivity index (χ1v) is 24.4. The van der Waals surface area contributed by atoms with Gasteiger partial charge < -0.3 is 4.74 Å². The molecule has 3 unspecified atom stereocenters. The third kappa shape index (κ3) is 31.5. The lowest BCUT2D eigenvalue weighted by Crippen LogP contribution is -2.33. The molecule has 3 atom stereocenters. The number of hydrogen-bond donors (Lipinski definition) is 0. The molecule has 1 saturated heterocycles. The normalized spacial score (nSPS) is 16.3. The Morgan fingerprint density at radius 3 is 0.900 bits per heavy atom. The van der Waals surface area contributed by atoms with E-state index in [0.717, 1.165) is 18.4 Å². The summed E-state index contributed by atoms with van der Waals surface area (Å²) >= 11 is 0. The largest absolute Gasteiger partial charge is 0.378 e. The van der Waals surface area contributed by atoms with Crippen molar-refractivity contribution in [3.05, 3.63) is 0 Å². The Morgan fingerprint density at radius 1 is 0.340 bits per heavy atom. The maximum absolute atomic E-state index is 6.60. The van der Waals surface area contributed by atoms with Crippen LogP contribution in [0.15, 0.2) is 0 Å². The van der Waals surface area contributed by atoms with Crippen molar-refractivity contribution in [2.75, 3.05) is 6.61 Å². The first-order chi connectivity index (χ1) is 24.8. The molecule has 0 N–H and O–H groups in total. The van der Waals surface area contributed by atoms with Crippen LogP contribution in [-0.2, 0) is 4.74 Å². The van der Waals surface area contributed by atoms with Crippen LogP contribution in [0.4, 0.5) is 0 Å². The zero-order valence-electron chi connectivity index (χ0n) is 35.5. The molecule has 1 heteroatoms. The average Bonchev–Trinajstić information content (AvgIpc) is 3.14. The lowest BCUT2D eigenvalue weighted by Gasteiger charge is -2.36. The molecule has 0 aromatic heterocycles. The molecule has 1 heterocycles. The first-order valence-electron chi connectivity index (χ1n) is 24.4. The lowest BCUT2D eigenvalue weighted by molar-refractivity contribution is -0.0439. The van der Waals surface area contributed by atoms with Crippen LogP contribution in [0, 0.1) is 11.8 Å². The minimum atomic E-state index is 0.566. The summed E-state index contributed by atoms with van der Waals surface area (Å²) in [6, 6.07) is 0. The minimum Gasteiger partial charge on any atom is -0.378 e. The Bertz CT molecular complexity index is 608. The predicted octanol–water partition coefficient (Wildman–Crippen LogP) is 18.1. The Labute approximate surface area is 318 Å². The highest BCUT2D eigenvalue weighted by molar-refractivity contribution is 4.81. The zero-order valence-corrected chi connectivity index (χ0v) is 35.5. The molecule has 1 aliphatic rings. The molecule has 0 spiro atoms. The summed E-state index contributed by atoms with van der Waals surface area (Å²) in [6.07, 6.45) is 61.6. The van der Waals surface area contributed by atoms with Crippen LogP contribution in [0.2, 0.25) is 0 Å². The van der Waals surface area contributed by atoms with Gasteiger partial charge in [0, 0.05) is 6.61 Å². The van der Waals surface area contributed by atoms with E-state index in [0.29, 0.717) is 6.10 Å². The number of rotatable bonds is 41. The number of unbranched alkanes of at least 4 members (excludes halogenated alkanes) is 33. The molecule has 0 radical (unpaired) electrons. The SMILES string of the molecule is CCCCCCCCCCCCCCCCC(CCCCCCCCCCCCC)C(CCCCCCCCCCCCC)C1CCCCO1. The quantitative estimate of drug-likeness (QED) is 0.0576. The molecule has 0 aliphatic carbocycles. The van der Waals surface area contributed by atoms with Gasteiger partial charge in [-0.15, -0.1) is 0 Å². The van der Waals surface area contributed by atoms with Gasteiger partial charge >= 0.3 is 0 Å². The van der Waals surface area contributed by atoms with Crippen LogP contribution in [0.3, 0.4) is 0 Å². The second-order valence-electron chi connectivity index (χ2n) is 17.4. The molecule has 1 nitrogen and oxygen atoms in total. The van der Waals surface area contributed by atoms with E-state index >= 15 is 0 Å². The Kier molecular flexibility index (Phi) is 38.5. The predicted molar refractivity (Wildman–Crippen MR) is 228 cm³/mol. The molecule has 50 heavy (non-hydrogen) atoms. The van der Waals surface area contributed by atoms with E-state index in [-0.39, 0.29) is 0 Å². The smallest absolute Gasteiger partial charge is 0.0605 e. The van der Waals surface area contributed by atoms with Crippen LogP contribution in [0.25, 0.3) is 0 Å². The van der Waals surface area contributed by atoms with E-state index in [4.69, 9.17) is 4.74 Å². The standard InChI is InChI=1S/C49H98O/c1-4-7-10-13-16-19-22-23-24-27-29-32-35-38-43-47(42-37-34-31-28-25-20-17-14-11-8-5-2)48(49-45-40-41-46-50-49)44-39-36-33-30-26-21-18-15-12-9-6-3/h47-49H,4-46H2,1-3H3. The molecule has 0 aromatic carbocycles. The fraction of sp³-hybridized carbons (Fsp3) is 1.00. The van der Waals surface area contributed by atoms with Gasteiger partial charge in [0.2, 0.25) is 0 Å². The van der Waals surface area contributed by atoms with E-state index in [1.165, 1.54) is 270 Å². The topological polar surface area (TPSA) is 9.23 Å². The van der Waals surface area contributed by atoms with Crippen molar-refractivity contribution in [1.82, 2.24) is 0 Å². The van der Waals surface area contributed by atoms with E-state index < -0.39 is 0 Å². The van der Waals surface area contributed by atoms with E-state index in [9.17, 15) is 0 Å². The fourth-order valence-corrected chi connectivity index (χ4v) is 9.12. The lowest BCUT2D eigenvalue weighted by atomic mass is 9.76. The Morgan fingerprint density at radius 2 is 0.620 bits per heavy atom. The molecule has 1 aliphatic heterocycles. The van der Waals surface area contributed by atoms with Gasteiger partial charge in [0.15, 0.2) is 0 Å². The fourth-order valence-electron chi connectivity index (χ4n) is 9.12. The second kappa shape index (κ2) is 40.2. The molecule has 1 fully saturated rings. The van der Waals surface area contributed by atoms with Crippen LogP contribution in [0.5, 0.6) is 0 Å². The average molecular weight is 703 g/mol. The Hall–Kier alpha value is -0.0400. The van der Waals surface area contributed by atoms with Gasteiger partial charge in [-0.05, 0) is 37.5 Å². The zero-order chi connectivity index (χ0) is 35.8. The summed E-state index contributed by atoms with van der Waals surface area (Å²) in [7, 11) is 0. The summed E-state index contributed by atoms with van der Waals surface area (Å²) in [5, 5.41) is 0. The van der Waals surface area contributed by atoms with Crippen LogP contribution in [-0.4, -0.2) is 12.7 Å². The van der Waals surface area contributed by atoms with Crippen molar-refractivity contribution in [3.63, 3.8) is 0 Å². The maximum atomic E-state index is 6.60. The van der Waals surface area contributed by atoms with Gasteiger partial charge in [-0.2, -0.15) is 0 Å². The van der Waals surface area contributed by atoms with E-state index in [1.54, 1.807) is 0 Å². The molecule has 0 saturated carbocycles. The summed E-state index contributed by atoms with van der Waals surface area (Å²) in [5.74, 6) is 1.75. The molecule has 0 amide bonds. The van der Waals surface area contributed by atoms with E-state index in [1.807, 2.05) is 0 Å². The van der Waals surface area contributed by atoms with Crippen LogP contribution >= 0.6 is 0 Å². The van der Waals surface area contributed by atoms with E-state index in [2.05, 4.69) is 20.8 Å². The van der Waals surface area contributed by atoms with Crippen molar-refractivity contribution >= 4 is 0 Å². The number of hydrogen-bond acceptors (Lipinski definition) is 1. The van der Waals surface area contributed by atoms with Gasteiger partial charge in [-0.1, -0.05) is 265 Å². The highest BCUT2D eigenvalue weighted by atomic mass is 16.5. The Balaban J connectivity index is 2.43. The van der Waals surface area contributed by atoms with Crippen molar-refractivity contribution in [3.8, 4) is 0 Å². The molecular weight excluding hydrogens is 605 g/mol. The summed E-state index contributed by atoms with van der Waals surface area (Å²) in [6.45, 7) is 8.01. The van der Waals surface area contributed by atoms with Gasteiger partial charge in [0.1, 0.15) is 0 Å². The first kappa shape index (κ1) is 48.0. The summed E-state index contributed by atoms with van der Waals surface area (Å²) < 4.78 is 6.60. The number of ether oxygens (including phenoxy) is 1. The third-order valence-electron chi connectivity index (χ3n) is 12.5. The van der Waals surface area contributed by atoms with Crippen molar-refractivity contribution in [2.45, 2.75) is 297 Å².